The molecule has 0 amide bonds. The predicted octanol–water partition coefficient (Wildman–Crippen LogP) is 3.99. The van der Waals surface area contributed by atoms with Crippen LogP contribution in [-0.2, 0) is 9.53 Å². The van der Waals surface area contributed by atoms with Gasteiger partial charge in [0.1, 0.15) is 6.10 Å². The molecule has 0 aliphatic carbocycles. The van der Waals surface area contributed by atoms with E-state index in [1.165, 1.54) is 10.9 Å². The van der Waals surface area contributed by atoms with Crippen LogP contribution in [0.2, 0.25) is 0 Å². The van der Waals surface area contributed by atoms with Crippen molar-refractivity contribution in [3.05, 3.63) is 35.5 Å². The van der Waals surface area contributed by atoms with Gasteiger partial charge in [0.2, 0.25) is 0 Å². The van der Waals surface area contributed by atoms with Crippen LogP contribution in [0, 0.1) is 0 Å². The molecule has 1 aromatic carbocycles. The average Bonchev–Trinajstić information content (AvgIpc) is 2.86. The summed E-state index contributed by atoms with van der Waals surface area (Å²) in [5.74, 6) is -0.499. The van der Waals surface area contributed by atoms with Gasteiger partial charge in [0.15, 0.2) is 0 Å². The van der Waals surface area contributed by atoms with Crippen molar-refractivity contribution in [3.8, 4) is 0 Å². The number of aliphatic carboxylic acids is 1. The van der Waals surface area contributed by atoms with Crippen LogP contribution < -0.4 is 0 Å². The van der Waals surface area contributed by atoms with Gasteiger partial charge in [-0.15, -0.1) is 0 Å². The van der Waals surface area contributed by atoms with E-state index < -0.39 is 5.97 Å². The van der Waals surface area contributed by atoms with Gasteiger partial charge in [-0.2, -0.15) is 0 Å². The summed E-state index contributed by atoms with van der Waals surface area (Å²) in [6, 6.07) is 8.18. The third-order valence-corrected chi connectivity index (χ3v) is 4.46. The quantitative estimate of drug-likeness (QED) is 0.893. The SMILES string of the molecule is CCC1OC(CC(=O)O)c2[nH]c3ccccc3c2C1CC. The van der Waals surface area contributed by atoms with E-state index in [1.54, 1.807) is 0 Å². The summed E-state index contributed by atoms with van der Waals surface area (Å²) in [4.78, 5) is 14.5. The van der Waals surface area contributed by atoms with Crippen LogP contribution in [0.3, 0.4) is 0 Å². The molecule has 1 aliphatic rings. The second kappa shape index (κ2) is 5.53. The van der Waals surface area contributed by atoms with Gasteiger partial charge in [-0.25, -0.2) is 0 Å². The van der Waals surface area contributed by atoms with Crippen molar-refractivity contribution in [2.24, 2.45) is 0 Å². The topological polar surface area (TPSA) is 62.3 Å². The highest BCUT2D eigenvalue weighted by atomic mass is 16.5. The number of rotatable bonds is 4. The second-order valence-electron chi connectivity index (χ2n) is 5.68. The van der Waals surface area contributed by atoms with Crippen LogP contribution in [0.15, 0.2) is 24.3 Å². The van der Waals surface area contributed by atoms with Crippen LogP contribution in [0.25, 0.3) is 10.9 Å². The Kier molecular flexibility index (Phi) is 3.72. The third kappa shape index (κ3) is 2.33. The lowest BCUT2D eigenvalue weighted by Crippen LogP contribution is -2.31. The minimum atomic E-state index is -0.825. The Morgan fingerprint density at radius 3 is 2.71 bits per heavy atom. The Balaban J connectivity index is 2.17. The van der Waals surface area contributed by atoms with Gasteiger partial charge < -0.3 is 14.8 Å². The fraction of sp³-hybridized carbons (Fsp3) is 0.471. The predicted molar refractivity (Wildman–Crippen MR) is 81.5 cm³/mol. The number of para-hydroxylation sites is 1. The monoisotopic (exact) mass is 287 g/mol. The number of aromatic nitrogens is 1. The van der Waals surface area contributed by atoms with Gasteiger partial charge in [-0.05, 0) is 24.5 Å². The Morgan fingerprint density at radius 1 is 1.29 bits per heavy atom. The Bertz CT molecular complexity index is 661. The Labute approximate surface area is 124 Å². The summed E-state index contributed by atoms with van der Waals surface area (Å²) in [5, 5.41) is 10.4. The fourth-order valence-electron chi connectivity index (χ4n) is 3.55. The molecule has 0 spiro atoms. The summed E-state index contributed by atoms with van der Waals surface area (Å²) in [5.41, 5.74) is 3.28. The molecule has 4 heteroatoms. The number of hydrogen-bond donors (Lipinski definition) is 2. The molecule has 0 saturated carbocycles. The fourth-order valence-corrected chi connectivity index (χ4v) is 3.55. The first-order valence-electron chi connectivity index (χ1n) is 7.63. The van der Waals surface area contributed by atoms with Gasteiger partial charge in [0.25, 0.3) is 0 Å². The lowest BCUT2D eigenvalue weighted by Gasteiger charge is -2.35. The molecule has 4 nitrogen and oxygen atoms in total. The molecule has 0 saturated heterocycles. The van der Waals surface area contributed by atoms with E-state index in [4.69, 9.17) is 9.84 Å². The van der Waals surface area contributed by atoms with Crippen molar-refractivity contribution in [2.75, 3.05) is 0 Å². The molecule has 0 bridgehead atoms. The molecule has 21 heavy (non-hydrogen) atoms. The largest absolute Gasteiger partial charge is 0.481 e. The van der Waals surface area contributed by atoms with Crippen molar-refractivity contribution in [1.82, 2.24) is 4.98 Å². The second-order valence-corrected chi connectivity index (χ2v) is 5.68. The Hall–Kier alpha value is -1.81. The van der Waals surface area contributed by atoms with E-state index >= 15 is 0 Å². The number of ether oxygens (including phenoxy) is 1. The molecule has 1 aliphatic heterocycles. The van der Waals surface area contributed by atoms with Gasteiger partial charge in [-0.1, -0.05) is 32.0 Å². The molecular formula is C17H21NO3. The highest BCUT2D eigenvalue weighted by molar-refractivity contribution is 5.86. The van der Waals surface area contributed by atoms with Crippen LogP contribution in [0.5, 0.6) is 0 Å². The van der Waals surface area contributed by atoms with Crippen LogP contribution in [0.1, 0.15) is 56.4 Å². The van der Waals surface area contributed by atoms with Gasteiger partial charge >= 0.3 is 5.97 Å². The lowest BCUT2D eigenvalue weighted by molar-refractivity contribution is -0.143. The molecule has 1 aromatic heterocycles. The van der Waals surface area contributed by atoms with E-state index in [0.29, 0.717) is 5.92 Å². The van der Waals surface area contributed by atoms with Crippen LogP contribution in [0.4, 0.5) is 0 Å². The summed E-state index contributed by atoms with van der Waals surface area (Å²) in [6.07, 6.45) is 1.61. The van der Waals surface area contributed by atoms with Crippen LogP contribution in [-0.4, -0.2) is 22.2 Å². The third-order valence-electron chi connectivity index (χ3n) is 4.46. The highest BCUT2D eigenvalue weighted by Crippen LogP contribution is 2.45. The van der Waals surface area contributed by atoms with Crippen molar-refractivity contribution in [2.45, 2.75) is 51.2 Å². The van der Waals surface area contributed by atoms with Gasteiger partial charge in [0.05, 0.1) is 12.5 Å². The van der Waals surface area contributed by atoms with Crippen molar-refractivity contribution in [1.29, 1.82) is 0 Å². The number of benzene rings is 1. The number of hydrogen-bond acceptors (Lipinski definition) is 2. The van der Waals surface area contributed by atoms with Crippen molar-refractivity contribution >= 4 is 16.9 Å². The number of fused-ring (bicyclic) bond motifs is 3. The minimum Gasteiger partial charge on any atom is -0.481 e. The molecule has 0 fully saturated rings. The first-order valence-corrected chi connectivity index (χ1v) is 7.63. The summed E-state index contributed by atoms with van der Waals surface area (Å²) in [7, 11) is 0. The number of carboxylic acids is 1. The maximum atomic E-state index is 11.1. The van der Waals surface area contributed by atoms with E-state index in [2.05, 4.69) is 24.9 Å². The number of carboxylic acid groups (broad SMARTS) is 1. The molecule has 3 atom stereocenters. The average molecular weight is 287 g/mol. The minimum absolute atomic E-state index is 0.00670. The lowest BCUT2D eigenvalue weighted by atomic mass is 9.83. The molecular weight excluding hydrogens is 266 g/mol. The van der Waals surface area contributed by atoms with Crippen molar-refractivity contribution < 1.29 is 14.6 Å². The molecule has 3 unspecified atom stereocenters. The Morgan fingerprint density at radius 2 is 2.05 bits per heavy atom. The molecule has 2 N–H and O–H groups in total. The first-order chi connectivity index (χ1) is 10.2. The molecule has 112 valence electrons. The zero-order valence-electron chi connectivity index (χ0n) is 12.4. The molecule has 2 aromatic rings. The number of H-pyrrole nitrogens is 1. The summed E-state index contributed by atoms with van der Waals surface area (Å²) < 4.78 is 6.09. The zero-order chi connectivity index (χ0) is 15.0. The normalized spacial score (nSPS) is 25.0. The zero-order valence-corrected chi connectivity index (χ0v) is 12.4. The van der Waals surface area contributed by atoms with Crippen LogP contribution >= 0.6 is 0 Å². The molecule has 2 heterocycles. The van der Waals surface area contributed by atoms with Gasteiger partial charge in [-0.3, -0.25) is 4.79 Å². The number of carbonyl (C=O) groups is 1. The van der Waals surface area contributed by atoms with E-state index in [-0.39, 0.29) is 18.6 Å². The smallest absolute Gasteiger partial charge is 0.306 e. The summed E-state index contributed by atoms with van der Waals surface area (Å²) in [6.45, 7) is 4.27. The van der Waals surface area contributed by atoms with E-state index in [1.807, 2.05) is 18.2 Å². The molecule has 0 radical (unpaired) electrons. The maximum Gasteiger partial charge on any atom is 0.306 e. The standard InChI is InChI=1S/C17H21NO3/c1-3-10-13(4-2)21-14(9-15(19)20)17-16(10)11-7-5-6-8-12(11)18-17/h5-8,10,13-14,18H,3-4,9H2,1-2H3,(H,19,20). The number of aromatic amines is 1. The number of nitrogens with one attached hydrogen (secondary N) is 1. The van der Waals surface area contributed by atoms with E-state index in [0.717, 1.165) is 24.1 Å². The first kappa shape index (κ1) is 14.1. The summed E-state index contributed by atoms with van der Waals surface area (Å²) >= 11 is 0. The van der Waals surface area contributed by atoms with E-state index in [9.17, 15) is 4.79 Å². The maximum absolute atomic E-state index is 11.1. The van der Waals surface area contributed by atoms with Crippen molar-refractivity contribution in [3.63, 3.8) is 0 Å². The highest BCUT2D eigenvalue weighted by Gasteiger charge is 2.37. The molecule has 3 rings (SSSR count). The van der Waals surface area contributed by atoms with Gasteiger partial charge in [0, 0.05) is 22.5 Å².